The van der Waals surface area contributed by atoms with Crippen molar-refractivity contribution in [2.75, 3.05) is 5.32 Å². The summed E-state index contributed by atoms with van der Waals surface area (Å²) in [7, 11) is 0. The predicted molar refractivity (Wildman–Crippen MR) is 106 cm³/mol. The molecule has 1 amide bonds. The zero-order chi connectivity index (χ0) is 18.8. The van der Waals surface area contributed by atoms with Gasteiger partial charge in [-0.3, -0.25) is 10.1 Å². The van der Waals surface area contributed by atoms with E-state index in [2.05, 4.69) is 31.2 Å². The first-order valence-electron chi connectivity index (χ1n) is 7.83. The number of hydrogen-bond acceptors (Lipinski definition) is 5. The molecule has 0 atom stereocenters. The highest BCUT2D eigenvalue weighted by Gasteiger charge is 2.14. The van der Waals surface area contributed by atoms with Crippen LogP contribution in [0.2, 0.25) is 0 Å². The number of thiazole rings is 1. The number of benzene rings is 2. The molecule has 1 N–H and O–H groups in total. The van der Waals surface area contributed by atoms with Gasteiger partial charge in [-0.25, -0.2) is 14.4 Å². The third kappa shape index (κ3) is 3.96. The lowest BCUT2D eigenvalue weighted by atomic mass is 10.1. The molecule has 4 rings (SSSR count). The van der Waals surface area contributed by atoms with Crippen LogP contribution >= 0.6 is 27.3 Å². The number of nitrogens with one attached hydrogen (secondary N) is 1. The van der Waals surface area contributed by atoms with E-state index in [0.717, 1.165) is 9.86 Å². The van der Waals surface area contributed by atoms with Gasteiger partial charge in [0, 0.05) is 21.4 Å². The van der Waals surface area contributed by atoms with Gasteiger partial charge in [-0.05, 0) is 42.5 Å². The molecule has 0 spiro atoms. The molecule has 2 heterocycles. The Morgan fingerprint density at radius 1 is 1.22 bits per heavy atom. The van der Waals surface area contributed by atoms with Crippen LogP contribution in [-0.4, -0.2) is 10.9 Å². The van der Waals surface area contributed by atoms with Crippen molar-refractivity contribution in [2.45, 2.75) is 0 Å². The number of rotatable bonds is 3. The fourth-order valence-electron chi connectivity index (χ4n) is 2.46. The van der Waals surface area contributed by atoms with E-state index in [1.165, 1.54) is 23.5 Å². The fraction of sp³-hybridized carbons (Fsp3) is 0. The Hall–Kier alpha value is -2.84. The number of fused-ring (bicyclic) bond motifs is 1. The van der Waals surface area contributed by atoms with E-state index < -0.39 is 11.7 Å². The zero-order valence-corrected chi connectivity index (χ0v) is 16.1. The Kier molecular flexibility index (Phi) is 4.83. The van der Waals surface area contributed by atoms with E-state index in [9.17, 15) is 9.18 Å². The van der Waals surface area contributed by atoms with Crippen molar-refractivity contribution in [2.24, 2.45) is 4.99 Å². The van der Waals surface area contributed by atoms with Gasteiger partial charge in [-0.2, -0.15) is 0 Å². The summed E-state index contributed by atoms with van der Waals surface area (Å²) in [6.07, 6.45) is 1.60. The van der Waals surface area contributed by atoms with Gasteiger partial charge in [0.25, 0.3) is 5.91 Å². The molecule has 2 aromatic heterocycles. The summed E-state index contributed by atoms with van der Waals surface area (Å²) in [6, 6.07) is 12.9. The quantitative estimate of drug-likeness (QED) is 0.468. The lowest BCUT2D eigenvalue weighted by molar-refractivity contribution is 0.102. The lowest BCUT2D eigenvalue weighted by Gasteiger charge is -2.05. The summed E-state index contributed by atoms with van der Waals surface area (Å²) >= 11 is 4.71. The smallest absolute Gasteiger partial charge is 0.262 e. The van der Waals surface area contributed by atoms with E-state index >= 15 is 0 Å². The average molecular weight is 444 g/mol. The molecular formula is C19H11BrFN3O2S. The second kappa shape index (κ2) is 7.42. The van der Waals surface area contributed by atoms with Crippen molar-refractivity contribution in [3.8, 4) is 0 Å². The average Bonchev–Trinajstić information content (AvgIpc) is 3.14. The molecule has 0 unspecified atom stereocenters. The Labute approximate surface area is 165 Å². The third-order valence-electron chi connectivity index (χ3n) is 3.64. The van der Waals surface area contributed by atoms with Crippen molar-refractivity contribution in [1.82, 2.24) is 4.98 Å². The van der Waals surface area contributed by atoms with Gasteiger partial charge in [0.1, 0.15) is 17.0 Å². The van der Waals surface area contributed by atoms with Gasteiger partial charge < -0.3 is 4.42 Å². The first-order chi connectivity index (χ1) is 13.1. The standard InChI is InChI=1S/C19H11BrFN3O2S/c20-12-4-5-16-11(8-12)9-15(17(25)24-19-22-6-7-27-19)18(26-16)23-14-3-1-2-13(21)10-14/h1-10H,(H,22,24,25). The minimum absolute atomic E-state index is 0.0875. The highest BCUT2D eigenvalue weighted by Crippen LogP contribution is 2.21. The predicted octanol–water partition coefficient (Wildman–Crippen LogP) is 5.28. The Balaban J connectivity index is 1.89. The van der Waals surface area contributed by atoms with Gasteiger partial charge in [0.2, 0.25) is 5.55 Å². The van der Waals surface area contributed by atoms with Crippen LogP contribution in [0, 0.1) is 5.82 Å². The molecule has 0 aliphatic heterocycles. The van der Waals surface area contributed by atoms with E-state index in [4.69, 9.17) is 4.42 Å². The van der Waals surface area contributed by atoms with Crippen LogP contribution in [0.5, 0.6) is 0 Å². The molecule has 5 nitrogen and oxygen atoms in total. The number of anilines is 1. The number of aromatic nitrogens is 1. The van der Waals surface area contributed by atoms with Crippen LogP contribution in [0.25, 0.3) is 11.0 Å². The molecule has 0 aliphatic carbocycles. The van der Waals surface area contributed by atoms with Crippen molar-refractivity contribution in [3.05, 3.63) is 81.5 Å². The minimum Gasteiger partial charge on any atom is -0.438 e. The Morgan fingerprint density at radius 2 is 2.11 bits per heavy atom. The lowest BCUT2D eigenvalue weighted by Crippen LogP contribution is -2.21. The Bertz CT molecular complexity index is 1210. The molecular weight excluding hydrogens is 433 g/mol. The van der Waals surface area contributed by atoms with Gasteiger partial charge >= 0.3 is 0 Å². The largest absolute Gasteiger partial charge is 0.438 e. The third-order valence-corrected chi connectivity index (χ3v) is 4.83. The number of hydrogen-bond donors (Lipinski definition) is 1. The van der Waals surface area contributed by atoms with Gasteiger partial charge in [-0.15, -0.1) is 11.3 Å². The summed E-state index contributed by atoms with van der Waals surface area (Å²) in [6.45, 7) is 0. The number of halogens is 2. The van der Waals surface area contributed by atoms with Gasteiger partial charge in [-0.1, -0.05) is 22.0 Å². The van der Waals surface area contributed by atoms with E-state index in [1.807, 2.05) is 12.1 Å². The van der Waals surface area contributed by atoms with Crippen LogP contribution < -0.4 is 10.9 Å². The molecule has 8 heteroatoms. The molecule has 134 valence electrons. The topological polar surface area (TPSA) is 67.5 Å². The minimum atomic E-state index is -0.422. The highest BCUT2D eigenvalue weighted by molar-refractivity contribution is 9.10. The summed E-state index contributed by atoms with van der Waals surface area (Å²) in [5, 5.41) is 5.67. The molecule has 0 saturated heterocycles. The maximum absolute atomic E-state index is 13.5. The van der Waals surface area contributed by atoms with Crippen LogP contribution in [0.4, 0.5) is 15.2 Å². The molecule has 4 aromatic rings. The van der Waals surface area contributed by atoms with E-state index in [1.54, 1.807) is 35.8 Å². The first kappa shape index (κ1) is 17.6. The summed E-state index contributed by atoms with van der Waals surface area (Å²) in [4.78, 5) is 21.1. The SMILES string of the molecule is O=C(Nc1nccs1)c1cc2cc(Br)ccc2oc1=Nc1cccc(F)c1. The maximum atomic E-state index is 13.5. The molecule has 0 fully saturated rings. The zero-order valence-electron chi connectivity index (χ0n) is 13.6. The highest BCUT2D eigenvalue weighted by atomic mass is 79.9. The monoisotopic (exact) mass is 443 g/mol. The van der Waals surface area contributed by atoms with Crippen molar-refractivity contribution < 1.29 is 13.6 Å². The summed E-state index contributed by atoms with van der Waals surface area (Å²) in [5.41, 5.74) is 1.21. The molecule has 27 heavy (non-hydrogen) atoms. The van der Waals surface area contributed by atoms with Crippen LogP contribution in [0.1, 0.15) is 10.4 Å². The summed E-state index contributed by atoms with van der Waals surface area (Å²) < 4.78 is 20.2. The molecule has 0 aliphatic rings. The van der Waals surface area contributed by atoms with Gasteiger partial charge in [0.05, 0.1) is 5.69 Å². The van der Waals surface area contributed by atoms with Crippen LogP contribution in [0.3, 0.4) is 0 Å². The fourth-order valence-corrected chi connectivity index (χ4v) is 3.36. The molecule has 0 saturated carbocycles. The number of nitrogens with zero attached hydrogens (tertiary/aromatic N) is 2. The van der Waals surface area contributed by atoms with E-state index in [-0.39, 0.29) is 11.1 Å². The molecule has 2 aromatic carbocycles. The van der Waals surface area contributed by atoms with E-state index in [0.29, 0.717) is 16.4 Å². The molecule has 0 bridgehead atoms. The first-order valence-corrected chi connectivity index (χ1v) is 9.50. The van der Waals surface area contributed by atoms with Crippen molar-refractivity contribution in [1.29, 1.82) is 0 Å². The number of carbonyl (C=O) groups excluding carboxylic acids is 1. The van der Waals surface area contributed by atoms with Gasteiger partial charge in [0.15, 0.2) is 5.13 Å². The van der Waals surface area contributed by atoms with Crippen LogP contribution in [-0.2, 0) is 0 Å². The number of amides is 1. The van der Waals surface area contributed by atoms with Crippen molar-refractivity contribution >= 4 is 55.0 Å². The second-order valence-electron chi connectivity index (χ2n) is 5.53. The second-order valence-corrected chi connectivity index (χ2v) is 7.34. The number of carbonyl (C=O) groups is 1. The maximum Gasteiger partial charge on any atom is 0.262 e. The Morgan fingerprint density at radius 3 is 2.89 bits per heavy atom. The normalized spacial score (nSPS) is 11.7. The summed E-state index contributed by atoms with van der Waals surface area (Å²) in [5.74, 6) is -0.833. The molecule has 0 radical (unpaired) electrons. The van der Waals surface area contributed by atoms with Crippen molar-refractivity contribution in [3.63, 3.8) is 0 Å². The van der Waals surface area contributed by atoms with Crippen LogP contribution in [0.15, 0.2) is 74.0 Å².